The third-order valence-corrected chi connectivity index (χ3v) is 5.22. The second-order valence-electron chi connectivity index (χ2n) is 7.29. The standard InChI is InChI=1S/C20H26Cl3NO7/c1-2-3-9-27-16-14(24-19(26)29-11-20(21,22)23)17(25)30-13-10-28-18(31-15(13)16)12-7-5-4-6-8-12/h4-8,13-18,25H,2-3,9-11H2,1H3,(H,24,26)/t13?,14?,15-,16?,17?,18?/m1/s1. The van der Waals surface area contributed by atoms with Crippen molar-refractivity contribution in [3.05, 3.63) is 35.9 Å². The molecule has 0 spiro atoms. The molecule has 0 bridgehead atoms. The number of benzene rings is 1. The van der Waals surface area contributed by atoms with Crippen molar-refractivity contribution in [3.63, 3.8) is 0 Å². The molecule has 8 nitrogen and oxygen atoms in total. The summed E-state index contributed by atoms with van der Waals surface area (Å²) in [5.41, 5.74) is 0.839. The number of rotatable bonds is 7. The highest BCUT2D eigenvalue weighted by Crippen LogP contribution is 2.35. The number of halogens is 3. The van der Waals surface area contributed by atoms with E-state index in [0.717, 1.165) is 18.4 Å². The summed E-state index contributed by atoms with van der Waals surface area (Å²) < 4.78 is 26.8. The van der Waals surface area contributed by atoms with E-state index in [0.29, 0.717) is 6.61 Å². The van der Waals surface area contributed by atoms with Crippen molar-refractivity contribution in [1.82, 2.24) is 5.32 Å². The van der Waals surface area contributed by atoms with Gasteiger partial charge >= 0.3 is 6.09 Å². The number of nitrogens with one attached hydrogen (secondary N) is 1. The van der Waals surface area contributed by atoms with Crippen LogP contribution in [-0.2, 0) is 23.7 Å². The van der Waals surface area contributed by atoms with E-state index in [9.17, 15) is 9.90 Å². The zero-order chi connectivity index (χ0) is 22.4. The number of aliphatic hydroxyl groups excluding tert-OH is 1. The Labute approximate surface area is 196 Å². The fourth-order valence-corrected chi connectivity index (χ4v) is 3.57. The van der Waals surface area contributed by atoms with Crippen molar-refractivity contribution in [3.8, 4) is 0 Å². The topological polar surface area (TPSA) is 95.5 Å². The Morgan fingerprint density at radius 3 is 2.68 bits per heavy atom. The van der Waals surface area contributed by atoms with Crippen molar-refractivity contribution < 1.29 is 33.6 Å². The molecule has 2 saturated heterocycles. The second-order valence-corrected chi connectivity index (χ2v) is 9.81. The second kappa shape index (κ2) is 11.3. The van der Waals surface area contributed by atoms with Gasteiger partial charge in [0, 0.05) is 12.2 Å². The zero-order valence-electron chi connectivity index (χ0n) is 16.9. The monoisotopic (exact) mass is 497 g/mol. The molecule has 0 aliphatic carbocycles. The number of alkyl halides is 3. The molecule has 0 radical (unpaired) electrons. The predicted octanol–water partition coefficient (Wildman–Crippen LogP) is 3.47. The Morgan fingerprint density at radius 1 is 1.26 bits per heavy atom. The molecule has 3 rings (SSSR count). The van der Waals surface area contributed by atoms with Crippen LogP contribution in [0.4, 0.5) is 4.79 Å². The lowest BCUT2D eigenvalue weighted by atomic mass is 9.95. The van der Waals surface area contributed by atoms with Gasteiger partial charge in [0.25, 0.3) is 0 Å². The van der Waals surface area contributed by atoms with Crippen molar-refractivity contribution >= 4 is 40.9 Å². The maximum Gasteiger partial charge on any atom is 0.407 e. The zero-order valence-corrected chi connectivity index (χ0v) is 19.2. The van der Waals surface area contributed by atoms with E-state index in [1.165, 1.54) is 0 Å². The van der Waals surface area contributed by atoms with Crippen LogP contribution in [0.1, 0.15) is 31.6 Å². The lowest BCUT2D eigenvalue weighted by molar-refractivity contribution is -0.342. The summed E-state index contributed by atoms with van der Waals surface area (Å²) in [5, 5.41) is 13.1. The highest BCUT2D eigenvalue weighted by atomic mass is 35.6. The van der Waals surface area contributed by atoms with Crippen molar-refractivity contribution in [1.29, 1.82) is 0 Å². The van der Waals surface area contributed by atoms with E-state index in [2.05, 4.69) is 5.32 Å². The molecule has 11 heteroatoms. The van der Waals surface area contributed by atoms with Gasteiger partial charge in [0.1, 0.15) is 31.0 Å². The summed E-state index contributed by atoms with van der Waals surface area (Å²) in [4.78, 5) is 12.2. The van der Waals surface area contributed by atoms with E-state index in [1.54, 1.807) is 0 Å². The summed E-state index contributed by atoms with van der Waals surface area (Å²) in [5.74, 6) is 0. The highest BCUT2D eigenvalue weighted by molar-refractivity contribution is 6.67. The third kappa shape index (κ3) is 7.07. The van der Waals surface area contributed by atoms with Gasteiger partial charge in [-0.15, -0.1) is 0 Å². The van der Waals surface area contributed by atoms with Gasteiger partial charge in [0.2, 0.25) is 3.79 Å². The van der Waals surface area contributed by atoms with Crippen LogP contribution < -0.4 is 5.32 Å². The summed E-state index contributed by atoms with van der Waals surface area (Å²) >= 11 is 16.9. The number of aliphatic hydroxyl groups is 1. The normalized spacial score (nSPS) is 31.0. The quantitative estimate of drug-likeness (QED) is 0.439. The average molecular weight is 499 g/mol. The molecule has 1 aromatic rings. The van der Waals surface area contributed by atoms with E-state index in [4.69, 9.17) is 58.5 Å². The molecule has 5 unspecified atom stereocenters. The summed E-state index contributed by atoms with van der Waals surface area (Å²) in [7, 11) is 0. The molecule has 31 heavy (non-hydrogen) atoms. The largest absolute Gasteiger partial charge is 0.445 e. The van der Waals surface area contributed by atoms with Gasteiger partial charge in [0.05, 0.1) is 6.61 Å². The van der Waals surface area contributed by atoms with E-state index in [1.807, 2.05) is 37.3 Å². The number of amides is 1. The van der Waals surface area contributed by atoms with E-state index < -0.39 is 53.4 Å². The number of alkyl carbamates (subject to hydrolysis) is 1. The number of hydrogen-bond donors (Lipinski definition) is 2. The van der Waals surface area contributed by atoms with Gasteiger partial charge in [-0.05, 0) is 6.42 Å². The molecular weight excluding hydrogens is 473 g/mol. The molecule has 6 atom stereocenters. The Morgan fingerprint density at radius 2 is 2.00 bits per heavy atom. The minimum Gasteiger partial charge on any atom is -0.445 e. The summed E-state index contributed by atoms with van der Waals surface area (Å²) in [6.07, 6.45) is -3.05. The maximum absolute atomic E-state index is 12.2. The molecule has 2 N–H and O–H groups in total. The highest BCUT2D eigenvalue weighted by Gasteiger charge is 2.51. The maximum atomic E-state index is 12.2. The molecule has 0 aromatic heterocycles. The van der Waals surface area contributed by atoms with Crippen LogP contribution in [-0.4, -0.2) is 65.5 Å². The minimum atomic E-state index is -1.76. The molecule has 1 amide bonds. The molecule has 2 heterocycles. The van der Waals surface area contributed by atoms with Gasteiger partial charge in [0.15, 0.2) is 12.6 Å². The van der Waals surface area contributed by atoms with Crippen LogP contribution in [0.5, 0.6) is 0 Å². The fourth-order valence-electron chi connectivity index (χ4n) is 3.41. The van der Waals surface area contributed by atoms with Gasteiger partial charge in [-0.3, -0.25) is 0 Å². The third-order valence-electron chi connectivity index (χ3n) is 4.89. The summed E-state index contributed by atoms with van der Waals surface area (Å²) in [6, 6.07) is 8.48. The smallest absolute Gasteiger partial charge is 0.407 e. The fraction of sp³-hybridized carbons (Fsp3) is 0.650. The first-order valence-corrected chi connectivity index (χ1v) is 11.2. The number of unbranched alkanes of at least 4 members (excludes halogenated alkanes) is 1. The van der Waals surface area contributed by atoms with Gasteiger partial charge in [-0.25, -0.2) is 4.79 Å². The average Bonchev–Trinajstić information content (AvgIpc) is 2.74. The first-order valence-electron chi connectivity index (χ1n) is 10.1. The molecule has 1 aromatic carbocycles. The predicted molar refractivity (Wildman–Crippen MR) is 114 cm³/mol. The molecule has 2 aliphatic heterocycles. The van der Waals surface area contributed by atoms with E-state index >= 15 is 0 Å². The summed E-state index contributed by atoms with van der Waals surface area (Å²) in [6.45, 7) is 2.18. The number of ether oxygens (including phenoxy) is 5. The van der Waals surface area contributed by atoms with Crippen LogP contribution in [0, 0.1) is 0 Å². The van der Waals surface area contributed by atoms with Gasteiger partial charge < -0.3 is 34.1 Å². The first-order chi connectivity index (χ1) is 14.8. The SMILES string of the molecule is CCCCOC1C(NC(=O)OCC(Cl)(Cl)Cl)C(O)OC2COC(c3ccccc3)O[C@H]21. The number of carbonyl (C=O) groups excluding carboxylic acids is 1. The van der Waals surface area contributed by atoms with Crippen molar-refractivity contribution in [2.45, 2.75) is 60.5 Å². The van der Waals surface area contributed by atoms with Crippen molar-refractivity contribution in [2.24, 2.45) is 0 Å². The molecule has 2 fully saturated rings. The number of hydrogen-bond acceptors (Lipinski definition) is 7. The van der Waals surface area contributed by atoms with Crippen LogP contribution in [0.25, 0.3) is 0 Å². The molecule has 174 valence electrons. The van der Waals surface area contributed by atoms with Gasteiger partial charge in [-0.1, -0.05) is 78.5 Å². The Kier molecular flexibility index (Phi) is 9.07. The molecule has 2 aliphatic rings. The number of fused-ring (bicyclic) bond motifs is 1. The van der Waals surface area contributed by atoms with Crippen LogP contribution >= 0.6 is 34.8 Å². The molecule has 0 saturated carbocycles. The lowest BCUT2D eigenvalue weighted by Gasteiger charge is -2.48. The van der Waals surface area contributed by atoms with E-state index in [-0.39, 0.29) is 6.61 Å². The minimum absolute atomic E-state index is 0.194. The molecular formula is C20H26Cl3NO7. The number of carbonyl (C=O) groups is 1. The Hall–Kier alpha value is -0.840. The Balaban J connectivity index is 1.73. The van der Waals surface area contributed by atoms with Crippen LogP contribution in [0.15, 0.2) is 30.3 Å². The Bertz CT molecular complexity index is 706. The van der Waals surface area contributed by atoms with Crippen molar-refractivity contribution in [2.75, 3.05) is 19.8 Å². The van der Waals surface area contributed by atoms with Crippen LogP contribution in [0.2, 0.25) is 0 Å². The van der Waals surface area contributed by atoms with Crippen LogP contribution in [0.3, 0.4) is 0 Å². The first kappa shape index (κ1) is 24.8. The van der Waals surface area contributed by atoms with Gasteiger partial charge in [-0.2, -0.15) is 0 Å². The lowest BCUT2D eigenvalue weighted by Crippen LogP contribution is -2.67.